The van der Waals surface area contributed by atoms with Crippen molar-refractivity contribution in [1.29, 1.82) is 0 Å². The minimum atomic E-state index is -1.03. The second kappa shape index (κ2) is 9.39. The lowest BCUT2D eigenvalue weighted by molar-refractivity contribution is 0.686. The molecule has 2 unspecified atom stereocenters. The van der Waals surface area contributed by atoms with Crippen molar-refractivity contribution in [3.8, 4) is 0 Å². The molecule has 6 heteroatoms. The number of aliphatic imine (C=N–C) groups is 2. The smallest absolute Gasteiger partial charge is 0.0585 e. The minimum Gasteiger partial charge on any atom is -0.291 e. The molecule has 0 spiro atoms. The SMILES string of the molecule is CS(=O)c1ccccc1C=NCCN=Cc1ccccc1S(C)=O. The Labute approximate surface area is 147 Å². The van der Waals surface area contributed by atoms with Crippen molar-refractivity contribution in [3.63, 3.8) is 0 Å². The molecule has 0 saturated heterocycles. The average molecular weight is 361 g/mol. The fraction of sp³-hybridized carbons (Fsp3) is 0.222. The van der Waals surface area contributed by atoms with Crippen LogP contribution in [0.5, 0.6) is 0 Å². The van der Waals surface area contributed by atoms with Gasteiger partial charge in [0.15, 0.2) is 0 Å². The van der Waals surface area contributed by atoms with Crippen LogP contribution in [-0.2, 0) is 21.6 Å². The Hall–Kier alpha value is -1.92. The van der Waals surface area contributed by atoms with Gasteiger partial charge in [-0.15, -0.1) is 0 Å². The van der Waals surface area contributed by atoms with E-state index in [2.05, 4.69) is 9.98 Å². The zero-order valence-corrected chi connectivity index (χ0v) is 15.3. The van der Waals surface area contributed by atoms with Crippen molar-refractivity contribution in [2.75, 3.05) is 25.6 Å². The third-order valence-electron chi connectivity index (χ3n) is 3.28. The summed E-state index contributed by atoms with van der Waals surface area (Å²) >= 11 is 0. The second-order valence-electron chi connectivity index (χ2n) is 5.05. The first-order chi connectivity index (χ1) is 11.6. The summed E-state index contributed by atoms with van der Waals surface area (Å²) in [7, 11) is -2.06. The fourth-order valence-corrected chi connectivity index (χ4v) is 3.58. The van der Waals surface area contributed by atoms with Gasteiger partial charge in [-0.2, -0.15) is 0 Å². The van der Waals surface area contributed by atoms with Crippen LogP contribution in [0.25, 0.3) is 0 Å². The second-order valence-corrected chi connectivity index (χ2v) is 7.75. The van der Waals surface area contributed by atoms with Crippen LogP contribution in [0.2, 0.25) is 0 Å². The molecule has 0 aliphatic rings. The van der Waals surface area contributed by atoms with Crippen LogP contribution in [-0.4, -0.2) is 46.4 Å². The molecular formula is C18H20N2O2S2. The van der Waals surface area contributed by atoms with E-state index >= 15 is 0 Å². The molecule has 2 rings (SSSR count). The van der Waals surface area contributed by atoms with E-state index in [-0.39, 0.29) is 0 Å². The molecule has 4 nitrogen and oxygen atoms in total. The van der Waals surface area contributed by atoms with Gasteiger partial charge in [0.1, 0.15) is 0 Å². The molecule has 0 fully saturated rings. The van der Waals surface area contributed by atoms with Crippen LogP contribution in [0.4, 0.5) is 0 Å². The molecule has 0 N–H and O–H groups in total. The van der Waals surface area contributed by atoms with Gasteiger partial charge in [-0.1, -0.05) is 36.4 Å². The molecule has 24 heavy (non-hydrogen) atoms. The Morgan fingerprint density at radius 2 is 1.12 bits per heavy atom. The van der Waals surface area contributed by atoms with E-state index in [4.69, 9.17) is 0 Å². The maximum atomic E-state index is 11.6. The Balaban J connectivity index is 1.94. The van der Waals surface area contributed by atoms with Crippen molar-refractivity contribution < 1.29 is 8.42 Å². The number of hydrogen-bond donors (Lipinski definition) is 0. The van der Waals surface area contributed by atoms with Gasteiger partial charge in [0.2, 0.25) is 0 Å². The molecule has 0 aliphatic carbocycles. The Morgan fingerprint density at radius 1 is 0.750 bits per heavy atom. The van der Waals surface area contributed by atoms with Crippen LogP contribution in [0.15, 0.2) is 68.3 Å². The minimum absolute atomic E-state index is 0.540. The fourth-order valence-electron chi connectivity index (χ4n) is 2.14. The van der Waals surface area contributed by atoms with E-state index in [1.54, 1.807) is 24.9 Å². The van der Waals surface area contributed by atoms with Crippen LogP contribution >= 0.6 is 0 Å². The molecule has 0 aromatic heterocycles. The van der Waals surface area contributed by atoms with Gasteiger partial charge < -0.3 is 0 Å². The van der Waals surface area contributed by atoms with E-state index in [1.165, 1.54) is 0 Å². The summed E-state index contributed by atoms with van der Waals surface area (Å²) in [5.41, 5.74) is 1.74. The van der Waals surface area contributed by atoms with Crippen LogP contribution in [0.1, 0.15) is 11.1 Å². The normalized spacial score (nSPS) is 14.2. The predicted molar refractivity (Wildman–Crippen MR) is 102 cm³/mol. The molecule has 2 aromatic rings. The first kappa shape index (κ1) is 18.4. The van der Waals surface area contributed by atoms with Crippen molar-refractivity contribution in [2.45, 2.75) is 9.79 Å². The summed E-state index contributed by atoms with van der Waals surface area (Å²) in [5, 5.41) is 0. The highest BCUT2D eigenvalue weighted by Crippen LogP contribution is 2.11. The monoisotopic (exact) mass is 360 g/mol. The summed E-state index contributed by atoms with van der Waals surface area (Å²) in [4.78, 5) is 10.2. The number of hydrogen-bond acceptors (Lipinski definition) is 4. The highest BCUT2D eigenvalue weighted by atomic mass is 32.2. The Kier molecular flexibility index (Phi) is 7.21. The molecule has 0 aliphatic heterocycles. The lowest BCUT2D eigenvalue weighted by Gasteiger charge is -2.01. The van der Waals surface area contributed by atoms with Crippen LogP contribution in [0, 0.1) is 0 Å². The van der Waals surface area contributed by atoms with Gasteiger partial charge in [0.05, 0.1) is 34.7 Å². The van der Waals surface area contributed by atoms with E-state index in [9.17, 15) is 8.42 Å². The average Bonchev–Trinajstić information content (AvgIpc) is 2.58. The lowest BCUT2D eigenvalue weighted by atomic mass is 10.2. The van der Waals surface area contributed by atoms with E-state index in [1.807, 2.05) is 48.5 Å². The first-order valence-corrected chi connectivity index (χ1v) is 10.6. The standard InChI is InChI=1S/C18H20N2O2S2/c1-23(21)17-9-5-3-7-15(17)13-19-11-12-20-14-16-8-4-6-10-18(16)24(2)22/h3-10,13-14H,11-12H2,1-2H3. The molecule has 0 bridgehead atoms. The van der Waals surface area contributed by atoms with Gasteiger partial charge in [0.25, 0.3) is 0 Å². The van der Waals surface area contributed by atoms with Gasteiger partial charge >= 0.3 is 0 Å². The molecule has 0 radical (unpaired) electrons. The zero-order valence-electron chi connectivity index (χ0n) is 13.7. The molecule has 126 valence electrons. The van der Waals surface area contributed by atoms with Gasteiger partial charge in [0, 0.05) is 45.9 Å². The Morgan fingerprint density at radius 3 is 1.50 bits per heavy atom. The Bertz CT molecular complexity index is 734. The van der Waals surface area contributed by atoms with Crippen LogP contribution in [0.3, 0.4) is 0 Å². The van der Waals surface area contributed by atoms with E-state index < -0.39 is 21.6 Å². The highest BCUT2D eigenvalue weighted by molar-refractivity contribution is 7.84. The van der Waals surface area contributed by atoms with Crippen molar-refractivity contribution in [3.05, 3.63) is 59.7 Å². The maximum Gasteiger partial charge on any atom is 0.0585 e. The first-order valence-electron chi connectivity index (χ1n) is 7.44. The van der Waals surface area contributed by atoms with Gasteiger partial charge in [-0.05, 0) is 12.1 Å². The molecule has 2 aromatic carbocycles. The lowest BCUT2D eigenvalue weighted by Crippen LogP contribution is -1.97. The maximum absolute atomic E-state index is 11.6. The molecular weight excluding hydrogens is 340 g/mol. The van der Waals surface area contributed by atoms with E-state index in [0.717, 1.165) is 20.9 Å². The quantitative estimate of drug-likeness (QED) is 0.563. The number of nitrogens with zero attached hydrogens (tertiary/aromatic N) is 2. The van der Waals surface area contributed by atoms with E-state index in [0.29, 0.717) is 13.1 Å². The third-order valence-corrected chi connectivity index (χ3v) is 5.26. The van der Waals surface area contributed by atoms with Gasteiger partial charge in [-0.3, -0.25) is 18.4 Å². The number of benzene rings is 2. The van der Waals surface area contributed by atoms with Crippen molar-refractivity contribution >= 4 is 34.0 Å². The number of rotatable bonds is 7. The topological polar surface area (TPSA) is 58.9 Å². The zero-order chi connectivity index (χ0) is 17.4. The van der Waals surface area contributed by atoms with Gasteiger partial charge in [-0.25, -0.2) is 0 Å². The molecule has 0 saturated carbocycles. The summed E-state index contributed by atoms with van der Waals surface area (Å²) in [6.07, 6.45) is 6.79. The molecule has 0 amide bonds. The largest absolute Gasteiger partial charge is 0.291 e. The highest BCUT2D eigenvalue weighted by Gasteiger charge is 2.03. The molecule has 0 heterocycles. The van der Waals surface area contributed by atoms with Crippen molar-refractivity contribution in [1.82, 2.24) is 0 Å². The molecule has 2 atom stereocenters. The third kappa shape index (κ3) is 5.32. The summed E-state index contributed by atoms with van der Waals surface area (Å²) in [6.45, 7) is 1.08. The van der Waals surface area contributed by atoms with Crippen LogP contribution < -0.4 is 0 Å². The predicted octanol–water partition coefficient (Wildman–Crippen LogP) is 2.70. The summed E-state index contributed by atoms with van der Waals surface area (Å²) < 4.78 is 23.3. The summed E-state index contributed by atoms with van der Waals surface area (Å²) in [6, 6.07) is 15.0. The summed E-state index contributed by atoms with van der Waals surface area (Å²) in [5.74, 6) is 0. The van der Waals surface area contributed by atoms with Crippen molar-refractivity contribution in [2.24, 2.45) is 9.98 Å².